The van der Waals surface area contributed by atoms with Crippen molar-refractivity contribution in [3.63, 3.8) is 0 Å². The first-order chi connectivity index (χ1) is 16.9. The molecule has 1 N–H and O–H groups in total. The lowest BCUT2D eigenvalue weighted by molar-refractivity contribution is -0.139. The molecule has 3 rings (SSSR count). The van der Waals surface area contributed by atoms with Crippen molar-refractivity contribution in [1.29, 1.82) is 0 Å². The molecule has 1 atom stereocenters. The molecule has 0 spiro atoms. The second kappa shape index (κ2) is 13.8. The third kappa shape index (κ3) is 7.89. The largest absolute Gasteiger partial charge is 0.493 e. The number of hydrogen-bond donors (Lipinski definition) is 1. The molecule has 2 amide bonds. The molecule has 0 bridgehead atoms. The number of halogens is 1. The van der Waals surface area contributed by atoms with Crippen LogP contribution in [0.2, 0.25) is 0 Å². The lowest BCUT2D eigenvalue weighted by Crippen LogP contribution is -2.47. The van der Waals surface area contributed by atoms with Gasteiger partial charge in [0.25, 0.3) is 0 Å². The molecule has 2 aliphatic carbocycles. The van der Waals surface area contributed by atoms with Crippen molar-refractivity contribution in [3.05, 3.63) is 35.4 Å². The quantitative estimate of drug-likeness (QED) is 0.299. The lowest BCUT2D eigenvalue weighted by atomic mass is 9.94. The summed E-state index contributed by atoms with van der Waals surface area (Å²) in [6.45, 7) is 4.36. The Hall–Kier alpha value is -2.21. The second-order valence-corrected chi connectivity index (χ2v) is 10.2. The van der Waals surface area contributed by atoms with E-state index in [0.717, 1.165) is 44.9 Å². The molecule has 0 heterocycles. The zero-order chi connectivity index (χ0) is 25.2. The number of allylic oxidation sites excluding steroid dienone is 1. The Morgan fingerprint density at radius 3 is 2.51 bits per heavy atom. The Morgan fingerprint density at radius 2 is 1.89 bits per heavy atom. The Balaban J connectivity index is 1.93. The van der Waals surface area contributed by atoms with Crippen molar-refractivity contribution in [3.8, 4) is 11.5 Å². The molecule has 7 heteroatoms. The van der Waals surface area contributed by atoms with Gasteiger partial charge in [0.15, 0.2) is 11.5 Å². The number of methoxy groups -OCH3 is 1. The predicted molar refractivity (Wildman–Crippen MR) is 140 cm³/mol. The molecule has 6 nitrogen and oxygen atoms in total. The molecular formula is C28H41ClN2O4. The van der Waals surface area contributed by atoms with Crippen LogP contribution in [-0.2, 0) is 9.59 Å². The van der Waals surface area contributed by atoms with Crippen LogP contribution in [0, 0.1) is 0 Å². The second-order valence-electron chi connectivity index (χ2n) is 9.90. The SMILES string of the molecule is COc1cc([C@H](C(=O)NC2CCCCC2)N(CCC2=CCCCC2)C(=O)CCl)ccc1OC(C)C. The van der Waals surface area contributed by atoms with E-state index < -0.39 is 6.04 Å². The molecule has 0 aliphatic heterocycles. The van der Waals surface area contributed by atoms with E-state index >= 15 is 0 Å². The number of alkyl halides is 1. The summed E-state index contributed by atoms with van der Waals surface area (Å²) in [5, 5.41) is 3.24. The van der Waals surface area contributed by atoms with Gasteiger partial charge in [-0.3, -0.25) is 9.59 Å². The number of amides is 2. The van der Waals surface area contributed by atoms with Gasteiger partial charge in [0, 0.05) is 12.6 Å². The summed E-state index contributed by atoms with van der Waals surface area (Å²) in [6.07, 6.45) is 12.9. The van der Waals surface area contributed by atoms with E-state index in [-0.39, 0.29) is 29.8 Å². The summed E-state index contributed by atoms with van der Waals surface area (Å²) >= 11 is 6.06. The van der Waals surface area contributed by atoms with Crippen LogP contribution in [-0.4, -0.2) is 48.4 Å². The van der Waals surface area contributed by atoms with Gasteiger partial charge < -0.3 is 19.7 Å². The van der Waals surface area contributed by atoms with E-state index in [4.69, 9.17) is 21.1 Å². The van der Waals surface area contributed by atoms with Crippen LogP contribution >= 0.6 is 11.6 Å². The van der Waals surface area contributed by atoms with Crippen molar-refractivity contribution in [2.24, 2.45) is 0 Å². The van der Waals surface area contributed by atoms with Crippen LogP contribution in [0.5, 0.6) is 11.5 Å². The maximum Gasteiger partial charge on any atom is 0.247 e. The highest BCUT2D eigenvalue weighted by Crippen LogP contribution is 2.34. The number of nitrogens with one attached hydrogen (secondary N) is 1. The van der Waals surface area contributed by atoms with Crippen molar-refractivity contribution < 1.29 is 19.1 Å². The molecule has 1 aromatic rings. The lowest BCUT2D eigenvalue weighted by Gasteiger charge is -2.34. The Morgan fingerprint density at radius 1 is 1.11 bits per heavy atom. The van der Waals surface area contributed by atoms with Gasteiger partial charge in [0.2, 0.25) is 11.8 Å². The third-order valence-electron chi connectivity index (χ3n) is 6.87. The smallest absolute Gasteiger partial charge is 0.247 e. The first-order valence-corrected chi connectivity index (χ1v) is 13.6. The fourth-order valence-corrected chi connectivity index (χ4v) is 5.23. The number of rotatable bonds is 11. The summed E-state index contributed by atoms with van der Waals surface area (Å²) in [5.41, 5.74) is 2.05. The van der Waals surface area contributed by atoms with E-state index in [2.05, 4.69) is 11.4 Å². The minimum atomic E-state index is -0.783. The van der Waals surface area contributed by atoms with Crippen molar-refractivity contribution in [1.82, 2.24) is 10.2 Å². The molecule has 1 aromatic carbocycles. The number of hydrogen-bond acceptors (Lipinski definition) is 4. The van der Waals surface area contributed by atoms with Gasteiger partial charge in [-0.15, -0.1) is 11.6 Å². The standard InChI is InChI=1S/C28H41ClN2O4/c1-20(2)35-24-15-14-22(18-25(24)34-3)27(28(33)30-23-12-8-5-9-13-23)31(26(32)19-29)17-16-21-10-6-4-7-11-21/h10,14-15,18,20,23,27H,4-9,11-13,16-17,19H2,1-3H3,(H,30,33)/t27-/m1/s1. The highest BCUT2D eigenvalue weighted by atomic mass is 35.5. The number of ether oxygens (including phenoxy) is 2. The van der Waals surface area contributed by atoms with Crippen LogP contribution in [0.25, 0.3) is 0 Å². The van der Waals surface area contributed by atoms with E-state index in [1.54, 1.807) is 12.0 Å². The van der Waals surface area contributed by atoms with Gasteiger partial charge in [-0.1, -0.05) is 37.0 Å². The van der Waals surface area contributed by atoms with Crippen molar-refractivity contribution in [2.75, 3.05) is 19.5 Å². The van der Waals surface area contributed by atoms with Crippen LogP contribution in [0.4, 0.5) is 0 Å². The Kier molecular flexibility index (Phi) is 10.8. The van der Waals surface area contributed by atoms with Gasteiger partial charge in [-0.25, -0.2) is 0 Å². The predicted octanol–water partition coefficient (Wildman–Crippen LogP) is 5.93. The molecule has 2 aliphatic rings. The molecule has 35 heavy (non-hydrogen) atoms. The zero-order valence-corrected chi connectivity index (χ0v) is 22.2. The zero-order valence-electron chi connectivity index (χ0n) is 21.5. The van der Waals surface area contributed by atoms with E-state index in [1.165, 1.54) is 24.8 Å². The Labute approximate surface area is 215 Å². The monoisotopic (exact) mass is 504 g/mol. The normalized spacial score (nSPS) is 17.5. The fourth-order valence-electron chi connectivity index (χ4n) is 5.08. The molecule has 0 aromatic heterocycles. The van der Waals surface area contributed by atoms with Crippen molar-refractivity contribution in [2.45, 2.75) is 96.2 Å². The summed E-state index contributed by atoms with van der Waals surface area (Å²) in [7, 11) is 1.58. The highest BCUT2D eigenvalue weighted by molar-refractivity contribution is 6.27. The minimum Gasteiger partial charge on any atom is -0.493 e. The van der Waals surface area contributed by atoms with Crippen LogP contribution < -0.4 is 14.8 Å². The molecule has 1 fully saturated rings. The van der Waals surface area contributed by atoms with Crippen LogP contribution in [0.1, 0.15) is 89.7 Å². The summed E-state index contributed by atoms with van der Waals surface area (Å²) < 4.78 is 11.5. The number of benzene rings is 1. The third-order valence-corrected chi connectivity index (χ3v) is 7.10. The van der Waals surface area contributed by atoms with Gasteiger partial charge in [-0.05, 0) is 76.5 Å². The van der Waals surface area contributed by atoms with Gasteiger partial charge >= 0.3 is 0 Å². The maximum atomic E-state index is 13.8. The molecule has 0 unspecified atom stereocenters. The van der Waals surface area contributed by atoms with Crippen LogP contribution in [0.15, 0.2) is 29.8 Å². The summed E-state index contributed by atoms with van der Waals surface area (Å²) in [6, 6.07) is 4.85. The van der Waals surface area contributed by atoms with Crippen LogP contribution in [0.3, 0.4) is 0 Å². The molecular weight excluding hydrogens is 464 g/mol. The molecule has 0 saturated heterocycles. The summed E-state index contributed by atoms with van der Waals surface area (Å²) in [4.78, 5) is 28.5. The fraction of sp³-hybridized carbons (Fsp3) is 0.643. The van der Waals surface area contributed by atoms with E-state index in [9.17, 15) is 9.59 Å². The molecule has 194 valence electrons. The van der Waals surface area contributed by atoms with Gasteiger partial charge in [-0.2, -0.15) is 0 Å². The molecule has 1 saturated carbocycles. The topological polar surface area (TPSA) is 67.9 Å². The number of carbonyl (C=O) groups excluding carboxylic acids is 2. The first kappa shape index (κ1) is 27.4. The number of carbonyl (C=O) groups is 2. The van der Waals surface area contributed by atoms with E-state index in [0.29, 0.717) is 23.6 Å². The summed E-state index contributed by atoms with van der Waals surface area (Å²) in [5.74, 6) is 0.582. The average Bonchev–Trinajstić information content (AvgIpc) is 2.87. The first-order valence-electron chi connectivity index (χ1n) is 13.1. The van der Waals surface area contributed by atoms with Gasteiger partial charge in [0.1, 0.15) is 11.9 Å². The van der Waals surface area contributed by atoms with Gasteiger partial charge in [0.05, 0.1) is 13.2 Å². The maximum absolute atomic E-state index is 13.8. The number of nitrogens with zero attached hydrogens (tertiary/aromatic N) is 1. The minimum absolute atomic E-state index is 0.0155. The van der Waals surface area contributed by atoms with E-state index in [1.807, 2.05) is 32.0 Å². The van der Waals surface area contributed by atoms with Crippen molar-refractivity contribution >= 4 is 23.4 Å². The average molecular weight is 505 g/mol. The highest BCUT2D eigenvalue weighted by Gasteiger charge is 2.33. The Bertz CT molecular complexity index is 880. The molecule has 0 radical (unpaired) electrons.